The average Bonchev–Trinajstić information content (AvgIpc) is 2.12. The number of halogens is 2. The molecule has 0 amide bonds. The van der Waals surface area contributed by atoms with Crippen LogP contribution in [0.3, 0.4) is 0 Å². The van der Waals surface area contributed by atoms with Gasteiger partial charge < -0.3 is 5.73 Å². The summed E-state index contributed by atoms with van der Waals surface area (Å²) in [5.74, 6) is -0.126. The molecule has 1 aromatic carbocycles. The standard InChI is InChI=1S/C8H5BrFN3/c9-5-2-1-4-3-6(11)12-13-8(4)7(5)10/h1-3H,(H2,11,12). The average molecular weight is 242 g/mol. The molecule has 0 spiro atoms. The Balaban J connectivity index is 2.87. The number of aromatic nitrogens is 2. The summed E-state index contributed by atoms with van der Waals surface area (Å²) in [6.45, 7) is 0. The highest BCUT2D eigenvalue weighted by molar-refractivity contribution is 9.10. The van der Waals surface area contributed by atoms with Gasteiger partial charge in [-0.3, -0.25) is 0 Å². The lowest BCUT2D eigenvalue weighted by molar-refractivity contribution is 0.628. The molecular formula is C8H5BrFN3. The Morgan fingerprint density at radius 3 is 2.85 bits per heavy atom. The number of nitrogen functional groups attached to an aromatic ring is 1. The minimum Gasteiger partial charge on any atom is -0.382 e. The van der Waals surface area contributed by atoms with Crippen molar-refractivity contribution in [2.24, 2.45) is 0 Å². The summed E-state index contributed by atoms with van der Waals surface area (Å²) in [4.78, 5) is 0. The first-order chi connectivity index (χ1) is 6.18. The van der Waals surface area contributed by atoms with Crippen LogP contribution in [-0.4, -0.2) is 10.2 Å². The van der Waals surface area contributed by atoms with Crippen LogP contribution in [0.4, 0.5) is 10.2 Å². The second kappa shape index (κ2) is 2.92. The van der Waals surface area contributed by atoms with Gasteiger partial charge in [-0.2, -0.15) is 0 Å². The second-order valence-corrected chi connectivity index (χ2v) is 3.42. The Morgan fingerprint density at radius 1 is 1.31 bits per heavy atom. The number of benzene rings is 1. The molecule has 0 radical (unpaired) electrons. The molecule has 1 aromatic heterocycles. The third-order valence-electron chi connectivity index (χ3n) is 1.67. The van der Waals surface area contributed by atoms with Crippen molar-refractivity contribution < 1.29 is 4.39 Å². The molecule has 2 aromatic rings. The van der Waals surface area contributed by atoms with Gasteiger partial charge in [-0.1, -0.05) is 6.07 Å². The van der Waals surface area contributed by atoms with Crippen LogP contribution in [0.15, 0.2) is 22.7 Å². The summed E-state index contributed by atoms with van der Waals surface area (Å²) in [5, 5.41) is 7.88. The number of nitrogens with two attached hydrogens (primary N) is 1. The fourth-order valence-electron chi connectivity index (χ4n) is 1.07. The fourth-order valence-corrected chi connectivity index (χ4v) is 1.39. The SMILES string of the molecule is Nc1cc2ccc(Br)c(F)c2nn1. The molecule has 5 heteroatoms. The van der Waals surface area contributed by atoms with Gasteiger partial charge in [0.15, 0.2) is 5.82 Å². The van der Waals surface area contributed by atoms with Crippen molar-refractivity contribution >= 4 is 32.7 Å². The van der Waals surface area contributed by atoms with Crippen molar-refractivity contribution in [2.45, 2.75) is 0 Å². The topological polar surface area (TPSA) is 51.8 Å². The molecule has 0 saturated heterocycles. The van der Waals surface area contributed by atoms with E-state index in [0.29, 0.717) is 9.86 Å². The fraction of sp³-hybridized carbons (Fsp3) is 0. The Bertz CT molecular complexity index is 472. The van der Waals surface area contributed by atoms with Crippen LogP contribution >= 0.6 is 15.9 Å². The van der Waals surface area contributed by atoms with Crippen LogP contribution in [-0.2, 0) is 0 Å². The Kier molecular flexibility index (Phi) is 1.88. The number of fused-ring (bicyclic) bond motifs is 1. The van der Waals surface area contributed by atoms with Crippen LogP contribution in [0.5, 0.6) is 0 Å². The van der Waals surface area contributed by atoms with Crippen molar-refractivity contribution in [3.05, 3.63) is 28.5 Å². The first-order valence-electron chi connectivity index (χ1n) is 3.55. The minimum absolute atomic E-state index is 0.226. The molecule has 66 valence electrons. The molecular weight excluding hydrogens is 237 g/mol. The summed E-state index contributed by atoms with van der Waals surface area (Å²) < 4.78 is 13.7. The summed E-state index contributed by atoms with van der Waals surface area (Å²) in [7, 11) is 0. The van der Waals surface area contributed by atoms with E-state index in [-0.39, 0.29) is 11.3 Å². The quantitative estimate of drug-likeness (QED) is 0.769. The number of hydrogen-bond acceptors (Lipinski definition) is 3. The summed E-state index contributed by atoms with van der Waals surface area (Å²) in [6.07, 6.45) is 0. The Labute approximate surface area is 81.9 Å². The number of anilines is 1. The van der Waals surface area contributed by atoms with Gasteiger partial charge in [-0.05, 0) is 28.1 Å². The van der Waals surface area contributed by atoms with E-state index in [2.05, 4.69) is 26.1 Å². The van der Waals surface area contributed by atoms with Gasteiger partial charge in [-0.15, -0.1) is 10.2 Å². The summed E-state index contributed by atoms with van der Waals surface area (Å²) in [6, 6.07) is 4.92. The zero-order valence-corrected chi connectivity index (χ0v) is 8.05. The maximum absolute atomic E-state index is 13.3. The number of rotatable bonds is 0. The van der Waals surface area contributed by atoms with Gasteiger partial charge in [0.25, 0.3) is 0 Å². The van der Waals surface area contributed by atoms with E-state index in [9.17, 15) is 4.39 Å². The third-order valence-corrected chi connectivity index (χ3v) is 2.28. The number of hydrogen-bond donors (Lipinski definition) is 1. The van der Waals surface area contributed by atoms with E-state index in [1.54, 1.807) is 18.2 Å². The van der Waals surface area contributed by atoms with E-state index in [4.69, 9.17) is 5.73 Å². The molecule has 0 atom stereocenters. The van der Waals surface area contributed by atoms with E-state index >= 15 is 0 Å². The second-order valence-electron chi connectivity index (χ2n) is 2.57. The van der Waals surface area contributed by atoms with Gasteiger partial charge in [0.05, 0.1) is 4.47 Å². The van der Waals surface area contributed by atoms with Gasteiger partial charge in [0.1, 0.15) is 11.3 Å². The van der Waals surface area contributed by atoms with E-state index in [1.165, 1.54) is 0 Å². The largest absolute Gasteiger partial charge is 0.382 e. The first-order valence-corrected chi connectivity index (χ1v) is 4.34. The maximum Gasteiger partial charge on any atom is 0.165 e. The van der Waals surface area contributed by atoms with Crippen LogP contribution < -0.4 is 5.73 Å². The monoisotopic (exact) mass is 241 g/mol. The Hall–Kier alpha value is -1.23. The minimum atomic E-state index is -0.412. The predicted octanol–water partition coefficient (Wildman–Crippen LogP) is 2.11. The normalized spacial score (nSPS) is 10.6. The molecule has 0 unspecified atom stereocenters. The Morgan fingerprint density at radius 2 is 2.08 bits per heavy atom. The lowest BCUT2D eigenvalue weighted by Gasteiger charge is -1.99. The highest BCUT2D eigenvalue weighted by Crippen LogP contribution is 2.23. The zero-order valence-electron chi connectivity index (χ0n) is 6.46. The zero-order chi connectivity index (χ0) is 9.42. The van der Waals surface area contributed by atoms with Gasteiger partial charge in [0, 0.05) is 5.39 Å². The highest BCUT2D eigenvalue weighted by atomic mass is 79.9. The van der Waals surface area contributed by atoms with Crippen LogP contribution in [0.1, 0.15) is 0 Å². The lowest BCUT2D eigenvalue weighted by Crippen LogP contribution is -1.94. The molecule has 0 aliphatic heterocycles. The maximum atomic E-state index is 13.3. The van der Waals surface area contributed by atoms with Crippen molar-refractivity contribution in [1.82, 2.24) is 10.2 Å². The molecule has 3 nitrogen and oxygen atoms in total. The van der Waals surface area contributed by atoms with Crippen molar-refractivity contribution in [3.63, 3.8) is 0 Å². The smallest absolute Gasteiger partial charge is 0.165 e. The first kappa shape index (κ1) is 8.37. The molecule has 0 bridgehead atoms. The molecule has 0 aliphatic carbocycles. The third kappa shape index (κ3) is 1.35. The predicted molar refractivity (Wildman–Crippen MR) is 51.6 cm³/mol. The van der Waals surface area contributed by atoms with Crippen molar-refractivity contribution in [1.29, 1.82) is 0 Å². The molecule has 2 rings (SSSR count). The van der Waals surface area contributed by atoms with E-state index < -0.39 is 5.82 Å². The van der Waals surface area contributed by atoms with Crippen LogP contribution in [0, 0.1) is 5.82 Å². The van der Waals surface area contributed by atoms with Crippen LogP contribution in [0.25, 0.3) is 10.9 Å². The van der Waals surface area contributed by atoms with Gasteiger partial charge in [-0.25, -0.2) is 4.39 Å². The molecule has 13 heavy (non-hydrogen) atoms. The van der Waals surface area contributed by atoms with Crippen LogP contribution in [0.2, 0.25) is 0 Å². The van der Waals surface area contributed by atoms with E-state index in [0.717, 1.165) is 0 Å². The molecule has 2 N–H and O–H groups in total. The number of nitrogens with zero attached hydrogens (tertiary/aromatic N) is 2. The van der Waals surface area contributed by atoms with Gasteiger partial charge >= 0.3 is 0 Å². The molecule has 1 heterocycles. The summed E-state index contributed by atoms with van der Waals surface area (Å²) in [5.41, 5.74) is 5.63. The lowest BCUT2D eigenvalue weighted by atomic mass is 10.2. The molecule has 0 fully saturated rings. The van der Waals surface area contributed by atoms with Crippen molar-refractivity contribution in [2.75, 3.05) is 5.73 Å². The highest BCUT2D eigenvalue weighted by Gasteiger charge is 2.06. The van der Waals surface area contributed by atoms with Gasteiger partial charge in [0.2, 0.25) is 0 Å². The molecule has 0 saturated carbocycles. The summed E-state index contributed by atoms with van der Waals surface area (Å²) >= 11 is 3.06. The van der Waals surface area contributed by atoms with E-state index in [1.807, 2.05) is 0 Å². The van der Waals surface area contributed by atoms with Crippen molar-refractivity contribution in [3.8, 4) is 0 Å². The molecule has 0 aliphatic rings.